The molecule has 2 nitrogen and oxygen atoms in total. The predicted octanol–water partition coefficient (Wildman–Crippen LogP) is 3.66. The summed E-state index contributed by atoms with van der Waals surface area (Å²) >= 11 is 0. The van der Waals surface area contributed by atoms with Crippen LogP contribution in [0.5, 0.6) is 0 Å². The Morgan fingerprint density at radius 1 is 0.947 bits per heavy atom. The normalized spacial score (nSPS) is 11.8. The van der Waals surface area contributed by atoms with Crippen molar-refractivity contribution < 1.29 is 26.3 Å². The highest BCUT2D eigenvalue weighted by molar-refractivity contribution is 5.51. The van der Waals surface area contributed by atoms with Crippen molar-refractivity contribution in [3.05, 3.63) is 34.4 Å². The topological polar surface area (TPSA) is 47.6 Å². The van der Waals surface area contributed by atoms with E-state index in [0.717, 1.165) is 6.07 Å². The van der Waals surface area contributed by atoms with Crippen molar-refractivity contribution in [1.82, 2.24) is 0 Å². The molecule has 0 N–H and O–H groups in total. The number of benzene rings is 1. The summed E-state index contributed by atoms with van der Waals surface area (Å²) in [6, 6.07) is 3.28. The van der Waals surface area contributed by atoms with Crippen LogP contribution < -0.4 is 0 Å². The maximum atomic E-state index is 12.8. The van der Waals surface area contributed by atoms with Gasteiger partial charge in [0.1, 0.15) is 6.07 Å². The monoisotopic (exact) mass is 278 g/mol. The molecule has 1 rings (SSSR count). The van der Waals surface area contributed by atoms with Crippen LogP contribution in [0.15, 0.2) is 12.1 Å². The first-order valence-electron chi connectivity index (χ1n) is 4.70. The van der Waals surface area contributed by atoms with E-state index in [1.807, 2.05) is 0 Å². The minimum absolute atomic E-state index is 0.375. The Labute approximate surface area is 103 Å². The van der Waals surface area contributed by atoms with E-state index in [1.54, 1.807) is 0 Å². The summed E-state index contributed by atoms with van der Waals surface area (Å²) in [5.41, 5.74) is -5.53. The fourth-order valence-electron chi connectivity index (χ4n) is 1.55. The maximum absolute atomic E-state index is 12.8. The number of rotatable bonds is 1. The van der Waals surface area contributed by atoms with Gasteiger partial charge in [0.2, 0.25) is 0 Å². The van der Waals surface area contributed by atoms with Gasteiger partial charge in [0.05, 0.1) is 29.2 Å². The minimum Gasteiger partial charge on any atom is -0.198 e. The van der Waals surface area contributed by atoms with E-state index in [4.69, 9.17) is 10.5 Å². The molecule has 1 aromatic rings. The van der Waals surface area contributed by atoms with Gasteiger partial charge >= 0.3 is 12.4 Å². The van der Waals surface area contributed by atoms with Crippen molar-refractivity contribution in [2.24, 2.45) is 0 Å². The molecule has 100 valence electrons. The molecule has 0 aliphatic rings. The molecule has 0 saturated carbocycles. The molecule has 1 aromatic carbocycles. The largest absolute Gasteiger partial charge is 0.418 e. The van der Waals surface area contributed by atoms with Gasteiger partial charge in [-0.15, -0.1) is 0 Å². The number of hydrogen-bond acceptors (Lipinski definition) is 2. The first-order chi connectivity index (χ1) is 8.62. The molecule has 19 heavy (non-hydrogen) atoms. The molecule has 0 aliphatic carbocycles. The van der Waals surface area contributed by atoms with Gasteiger partial charge in [-0.2, -0.15) is 36.9 Å². The maximum Gasteiger partial charge on any atom is 0.418 e. The van der Waals surface area contributed by atoms with E-state index in [1.165, 1.54) is 6.07 Å². The lowest BCUT2D eigenvalue weighted by Gasteiger charge is -2.17. The minimum atomic E-state index is -5.14. The Kier molecular flexibility index (Phi) is 3.75. The number of halogens is 6. The van der Waals surface area contributed by atoms with Crippen LogP contribution in [0, 0.1) is 22.7 Å². The van der Waals surface area contributed by atoms with Crippen LogP contribution in [0.4, 0.5) is 26.3 Å². The smallest absolute Gasteiger partial charge is 0.198 e. The molecule has 0 aliphatic heterocycles. The van der Waals surface area contributed by atoms with E-state index in [-0.39, 0.29) is 0 Å². The summed E-state index contributed by atoms with van der Waals surface area (Å²) in [6.45, 7) is 0. The Hall–Kier alpha value is -2.22. The quantitative estimate of drug-likeness (QED) is 0.736. The molecular weight excluding hydrogens is 274 g/mol. The molecule has 0 amide bonds. The van der Waals surface area contributed by atoms with E-state index in [2.05, 4.69) is 0 Å². The highest BCUT2D eigenvalue weighted by Crippen LogP contribution is 2.40. The number of nitrogens with zero attached hydrogens (tertiary/aromatic N) is 2. The van der Waals surface area contributed by atoms with E-state index in [9.17, 15) is 26.3 Å². The fraction of sp³-hybridized carbons (Fsp3) is 0.273. The van der Waals surface area contributed by atoms with Crippen LogP contribution in [0.25, 0.3) is 0 Å². The van der Waals surface area contributed by atoms with Gasteiger partial charge in [-0.3, -0.25) is 0 Å². The van der Waals surface area contributed by atoms with E-state index >= 15 is 0 Å². The second-order valence-corrected chi connectivity index (χ2v) is 3.46. The third-order valence-corrected chi connectivity index (χ3v) is 2.26. The Balaban J connectivity index is 3.73. The average molecular weight is 278 g/mol. The second-order valence-electron chi connectivity index (χ2n) is 3.46. The zero-order valence-electron chi connectivity index (χ0n) is 9.02. The Bertz CT molecular complexity index is 571. The molecule has 0 spiro atoms. The summed E-state index contributed by atoms with van der Waals surface area (Å²) in [7, 11) is 0. The summed E-state index contributed by atoms with van der Waals surface area (Å²) < 4.78 is 75.9. The summed E-state index contributed by atoms with van der Waals surface area (Å²) in [4.78, 5) is 0. The van der Waals surface area contributed by atoms with Crippen LogP contribution in [-0.2, 0) is 18.8 Å². The highest BCUT2D eigenvalue weighted by atomic mass is 19.4. The molecule has 0 fully saturated rings. The van der Waals surface area contributed by atoms with Crippen LogP contribution in [-0.4, -0.2) is 0 Å². The van der Waals surface area contributed by atoms with Crippen molar-refractivity contribution in [3.8, 4) is 12.1 Å². The lowest BCUT2D eigenvalue weighted by Crippen LogP contribution is -2.17. The van der Waals surface area contributed by atoms with Crippen molar-refractivity contribution >= 4 is 0 Å². The standard InChI is InChI=1S/C11H4F6N2/c12-10(13,14)8-2-1-6(3-4-18)9(7(8)5-19)11(15,16)17/h1-2H,3H2. The Morgan fingerprint density at radius 3 is 1.89 bits per heavy atom. The van der Waals surface area contributed by atoms with Crippen LogP contribution in [0.2, 0.25) is 0 Å². The van der Waals surface area contributed by atoms with Gasteiger partial charge in [0, 0.05) is 0 Å². The SMILES string of the molecule is N#CCc1ccc(C(F)(F)F)c(C#N)c1C(F)(F)F. The predicted molar refractivity (Wildman–Crippen MR) is 50.5 cm³/mol. The molecule has 0 radical (unpaired) electrons. The van der Waals surface area contributed by atoms with Gasteiger partial charge in [-0.1, -0.05) is 6.07 Å². The molecule has 0 atom stereocenters. The first-order valence-corrected chi connectivity index (χ1v) is 4.70. The molecule has 0 unspecified atom stereocenters. The van der Waals surface area contributed by atoms with Crippen LogP contribution in [0.3, 0.4) is 0 Å². The van der Waals surface area contributed by atoms with Crippen molar-refractivity contribution in [1.29, 1.82) is 10.5 Å². The van der Waals surface area contributed by atoms with Gasteiger partial charge in [-0.25, -0.2) is 0 Å². The van der Waals surface area contributed by atoms with E-state index < -0.39 is 41.0 Å². The third kappa shape index (κ3) is 2.97. The summed E-state index contributed by atoms with van der Waals surface area (Å²) in [5.74, 6) is 0. The number of hydrogen-bond donors (Lipinski definition) is 0. The molecular formula is C11H4F6N2. The molecule has 0 heterocycles. The van der Waals surface area contributed by atoms with Crippen LogP contribution in [0.1, 0.15) is 22.3 Å². The first kappa shape index (κ1) is 14.8. The van der Waals surface area contributed by atoms with E-state index in [0.29, 0.717) is 12.1 Å². The Morgan fingerprint density at radius 2 is 1.53 bits per heavy atom. The van der Waals surface area contributed by atoms with Gasteiger partial charge in [0.15, 0.2) is 0 Å². The van der Waals surface area contributed by atoms with Gasteiger partial charge in [0.25, 0.3) is 0 Å². The second kappa shape index (κ2) is 4.81. The lowest BCUT2D eigenvalue weighted by molar-refractivity contribution is -0.143. The number of nitriles is 2. The molecule has 0 bridgehead atoms. The summed E-state index contributed by atoms with van der Waals surface area (Å²) in [5, 5.41) is 17.0. The van der Waals surface area contributed by atoms with Crippen molar-refractivity contribution in [3.63, 3.8) is 0 Å². The lowest BCUT2D eigenvalue weighted by atomic mass is 9.94. The zero-order chi connectivity index (χ0) is 14.8. The van der Waals surface area contributed by atoms with Gasteiger partial charge < -0.3 is 0 Å². The molecule has 0 saturated heterocycles. The van der Waals surface area contributed by atoms with Crippen molar-refractivity contribution in [2.75, 3.05) is 0 Å². The van der Waals surface area contributed by atoms with Crippen LogP contribution >= 0.6 is 0 Å². The summed E-state index contributed by atoms with van der Waals surface area (Å²) in [6.07, 6.45) is -10.9. The average Bonchev–Trinajstić information content (AvgIpc) is 2.25. The highest BCUT2D eigenvalue weighted by Gasteiger charge is 2.42. The van der Waals surface area contributed by atoms with Crippen molar-refractivity contribution in [2.45, 2.75) is 18.8 Å². The molecule has 0 aromatic heterocycles. The van der Waals surface area contributed by atoms with Gasteiger partial charge in [-0.05, 0) is 11.6 Å². The fourth-order valence-corrected chi connectivity index (χ4v) is 1.55. The molecule has 8 heteroatoms. The third-order valence-electron chi connectivity index (χ3n) is 2.26. The number of alkyl halides is 6. The zero-order valence-corrected chi connectivity index (χ0v) is 9.02.